The Hall–Kier alpha value is -3.67. The van der Waals surface area contributed by atoms with E-state index >= 15 is 0 Å². The van der Waals surface area contributed by atoms with Crippen LogP contribution in [0.25, 0.3) is 16.6 Å². The Kier molecular flexibility index (Phi) is 4.76. The molecule has 1 N–H and O–H groups in total. The molecule has 146 valence electrons. The van der Waals surface area contributed by atoms with E-state index in [1.54, 1.807) is 24.1 Å². The maximum atomic E-state index is 13.0. The second-order valence-electron chi connectivity index (χ2n) is 7.13. The Morgan fingerprint density at radius 1 is 1.07 bits per heavy atom. The first-order chi connectivity index (χ1) is 14.0. The van der Waals surface area contributed by atoms with Crippen molar-refractivity contribution in [2.45, 2.75) is 20.4 Å². The van der Waals surface area contributed by atoms with Gasteiger partial charge in [0, 0.05) is 41.9 Å². The lowest BCUT2D eigenvalue weighted by molar-refractivity contribution is 0.0783. The Labute approximate surface area is 168 Å². The molecule has 0 aliphatic carbocycles. The van der Waals surface area contributed by atoms with Crippen LogP contribution in [0, 0.1) is 13.8 Å². The number of hydrogen-bond acceptors (Lipinski definition) is 3. The lowest BCUT2D eigenvalue weighted by Gasteiger charge is -2.17. The molecule has 6 nitrogen and oxygen atoms in total. The van der Waals surface area contributed by atoms with E-state index in [2.05, 4.69) is 10.1 Å². The molecule has 0 unspecified atom stereocenters. The zero-order chi connectivity index (χ0) is 20.5. The number of carbonyl (C=O) groups excluding carboxylic acids is 1. The minimum Gasteiger partial charge on any atom is -0.360 e. The number of carbonyl (C=O) groups is 1. The summed E-state index contributed by atoms with van der Waals surface area (Å²) in [6.45, 7) is 4.29. The van der Waals surface area contributed by atoms with Crippen molar-refractivity contribution in [2.75, 3.05) is 7.05 Å². The van der Waals surface area contributed by atoms with E-state index in [9.17, 15) is 9.59 Å². The monoisotopic (exact) mass is 386 g/mol. The van der Waals surface area contributed by atoms with Crippen molar-refractivity contribution in [3.63, 3.8) is 0 Å². The molecule has 0 spiro atoms. The first-order valence-corrected chi connectivity index (χ1v) is 9.44. The first kappa shape index (κ1) is 18.7. The number of aryl methyl sites for hydroxylation is 1. The van der Waals surface area contributed by atoms with Crippen LogP contribution in [0.1, 0.15) is 27.3 Å². The maximum absolute atomic E-state index is 13.0. The predicted molar refractivity (Wildman–Crippen MR) is 113 cm³/mol. The number of para-hydroxylation sites is 2. The van der Waals surface area contributed by atoms with E-state index in [4.69, 9.17) is 0 Å². The molecule has 4 aromatic rings. The fourth-order valence-electron chi connectivity index (χ4n) is 3.57. The van der Waals surface area contributed by atoms with Gasteiger partial charge in [-0.25, -0.2) is 4.68 Å². The molecule has 0 radical (unpaired) electrons. The average Bonchev–Trinajstić information content (AvgIpc) is 3.02. The highest BCUT2D eigenvalue weighted by molar-refractivity contribution is 5.97. The zero-order valence-corrected chi connectivity index (χ0v) is 16.6. The van der Waals surface area contributed by atoms with E-state index in [1.807, 2.05) is 61.0 Å². The highest BCUT2D eigenvalue weighted by Crippen LogP contribution is 2.20. The highest BCUT2D eigenvalue weighted by atomic mass is 16.2. The Balaban J connectivity index is 1.64. The number of aromatic nitrogens is 3. The number of nitrogens with one attached hydrogen (secondary N) is 1. The van der Waals surface area contributed by atoms with Crippen LogP contribution in [-0.2, 0) is 6.54 Å². The molecular formula is C23H22N4O2. The van der Waals surface area contributed by atoms with Crippen molar-refractivity contribution in [3.05, 3.63) is 93.5 Å². The number of H-pyrrole nitrogens is 1. The van der Waals surface area contributed by atoms with Crippen LogP contribution in [0.4, 0.5) is 0 Å². The van der Waals surface area contributed by atoms with E-state index in [0.717, 1.165) is 22.6 Å². The van der Waals surface area contributed by atoms with Crippen LogP contribution in [0.15, 0.2) is 65.6 Å². The summed E-state index contributed by atoms with van der Waals surface area (Å²) >= 11 is 0. The van der Waals surface area contributed by atoms with Gasteiger partial charge >= 0.3 is 0 Å². The van der Waals surface area contributed by atoms with Gasteiger partial charge in [-0.05, 0) is 38.1 Å². The number of aromatic amines is 1. The molecule has 6 heteroatoms. The number of pyridine rings is 1. The quantitative estimate of drug-likeness (QED) is 0.582. The fraction of sp³-hybridized carbons (Fsp3) is 0.174. The third-order valence-corrected chi connectivity index (χ3v) is 5.20. The second kappa shape index (κ2) is 7.39. The van der Waals surface area contributed by atoms with E-state index < -0.39 is 0 Å². The van der Waals surface area contributed by atoms with Crippen molar-refractivity contribution in [1.82, 2.24) is 19.7 Å². The largest absolute Gasteiger partial charge is 0.360 e. The SMILES string of the molecule is Cc1nn(-c2ccccc2)c(C)c1CN(C)C(=O)c1c[nH]c2ccccc2c1=O. The van der Waals surface area contributed by atoms with E-state index in [1.165, 1.54) is 6.20 Å². The van der Waals surface area contributed by atoms with Crippen LogP contribution in [0.2, 0.25) is 0 Å². The topological polar surface area (TPSA) is 71.0 Å². The molecule has 0 saturated carbocycles. The van der Waals surface area contributed by atoms with Gasteiger partial charge in [0.1, 0.15) is 5.56 Å². The number of rotatable bonds is 4. The Morgan fingerprint density at radius 3 is 2.52 bits per heavy atom. The van der Waals surface area contributed by atoms with Gasteiger partial charge in [0.15, 0.2) is 0 Å². The van der Waals surface area contributed by atoms with Crippen LogP contribution >= 0.6 is 0 Å². The molecule has 0 saturated heterocycles. The molecule has 1 amide bonds. The molecule has 0 atom stereocenters. The van der Waals surface area contributed by atoms with Crippen LogP contribution in [0.3, 0.4) is 0 Å². The second-order valence-corrected chi connectivity index (χ2v) is 7.13. The number of hydrogen-bond donors (Lipinski definition) is 1. The predicted octanol–water partition coefficient (Wildman–Crippen LogP) is 3.60. The summed E-state index contributed by atoms with van der Waals surface area (Å²) < 4.78 is 1.88. The number of nitrogens with zero attached hydrogens (tertiary/aromatic N) is 3. The highest BCUT2D eigenvalue weighted by Gasteiger charge is 2.20. The van der Waals surface area contributed by atoms with E-state index in [-0.39, 0.29) is 16.9 Å². The molecule has 0 aliphatic heterocycles. The number of fused-ring (bicyclic) bond motifs is 1. The molecule has 4 rings (SSSR count). The Bertz CT molecular complexity index is 1260. The number of amides is 1. The summed E-state index contributed by atoms with van der Waals surface area (Å²) in [5.41, 5.74) is 4.37. The third kappa shape index (κ3) is 3.33. The molecule has 29 heavy (non-hydrogen) atoms. The summed E-state index contributed by atoms with van der Waals surface area (Å²) in [5, 5.41) is 5.15. The van der Waals surface area contributed by atoms with Gasteiger partial charge in [0.05, 0.1) is 11.4 Å². The summed E-state index contributed by atoms with van der Waals surface area (Å²) in [4.78, 5) is 30.4. The van der Waals surface area contributed by atoms with Crippen molar-refractivity contribution < 1.29 is 4.79 Å². The Morgan fingerprint density at radius 2 is 1.76 bits per heavy atom. The summed E-state index contributed by atoms with van der Waals surface area (Å²) in [6.07, 6.45) is 1.50. The molecule has 0 aliphatic rings. The smallest absolute Gasteiger partial charge is 0.259 e. The van der Waals surface area contributed by atoms with Crippen molar-refractivity contribution in [2.24, 2.45) is 0 Å². The van der Waals surface area contributed by atoms with Crippen LogP contribution < -0.4 is 5.43 Å². The molecule has 2 aromatic heterocycles. The van der Waals surface area contributed by atoms with Crippen molar-refractivity contribution >= 4 is 16.8 Å². The average molecular weight is 386 g/mol. The van der Waals surface area contributed by atoms with Crippen molar-refractivity contribution in [1.29, 1.82) is 0 Å². The number of benzene rings is 2. The minimum absolute atomic E-state index is 0.136. The maximum Gasteiger partial charge on any atom is 0.259 e. The fourth-order valence-corrected chi connectivity index (χ4v) is 3.57. The summed E-state index contributed by atoms with van der Waals surface area (Å²) in [7, 11) is 1.70. The van der Waals surface area contributed by atoms with Gasteiger partial charge in [-0.15, -0.1) is 0 Å². The standard InChI is InChI=1S/C23H22N4O2/c1-15-20(16(2)27(25-15)17-9-5-4-6-10-17)14-26(3)23(29)19-13-24-21-12-8-7-11-18(21)22(19)28/h4-13H,14H2,1-3H3,(H,24,28). The van der Waals surface area contributed by atoms with Gasteiger partial charge in [-0.2, -0.15) is 5.10 Å². The molecule has 2 heterocycles. The van der Waals surface area contributed by atoms with Crippen molar-refractivity contribution in [3.8, 4) is 5.69 Å². The van der Waals surface area contributed by atoms with Gasteiger partial charge in [0.25, 0.3) is 5.91 Å². The van der Waals surface area contributed by atoms with Crippen LogP contribution in [-0.4, -0.2) is 32.6 Å². The summed E-state index contributed by atoms with van der Waals surface area (Å²) in [6, 6.07) is 17.1. The lowest BCUT2D eigenvalue weighted by atomic mass is 10.1. The zero-order valence-electron chi connectivity index (χ0n) is 16.6. The van der Waals surface area contributed by atoms with Gasteiger partial charge in [-0.3, -0.25) is 9.59 Å². The summed E-state index contributed by atoms with van der Waals surface area (Å²) in [5.74, 6) is -0.316. The first-order valence-electron chi connectivity index (χ1n) is 9.44. The lowest BCUT2D eigenvalue weighted by Crippen LogP contribution is -2.31. The minimum atomic E-state index is -0.316. The van der Waals surface area contributed by atoms with Crippen LogP contribution in [0.5, 0.6) is 0 Å². The van der Waals surface area contributed by atoms with Gasteiger partial charge < -0.3 is 9.88 Å². The molecular weight excluding hydrogens is 364 g/mol. The van der Waals surface area contributed by atoms with Gasteiger partial charge in [0.2, 0.25) is 5.43 Å². The molecule has 0 fully saturated rings. The third-order valence-electron chi connectivity index (χ3n) is 5.20. The normalized spacial score (nSPS) is 11.0. The molecule has 0 bridgehead atoms. The molecule has 2 aromatic carbocycles. The van der Waals surface area contributed by atoms with Gasteiger partial charge in [-0.1, -0.05) is 30.3 Å². The van der Waals surface area contributed by atoms with E-state index in [0.29, 0.717) is 17.4 Å².